The van der Waals surface area contributed by atoms with Crippen molar-refractivity contribution >= 4 is 29.4 Å². The molecule has 0 bridgehead atoms. The predicted molar refractivity (Wildman–Crippen MR) is 96.9 cm³/mol. The number of carbonyl (C=O) groups excluding carboxylic acids is 1. The Bertz CT molecular complexity index is 856. The van der Waals surface area contributed by atoms with Crippen molar-refractivity contribution in [3.63, 3.8) is 0 Å². The van der Waals surface area contributed by atoms with Gasteiger partial charge in [0, 0.05) is 17.2 Å². The number of halogens is 1. The van der Waals surface area contributed by atoms with E-state index in [1.807, 2.05) is 48.5 Å². The molecule has 0 aliphatic carbocycles. The maximum absolute atomic E-state index is 12.1. The molecule has 4 nitrogen and oxygen atoms in total. The fourth-order valence-corrected chi connectivity index (χ4v) is 2.46. The van der Waals surface area contributed by atoms with Crippen LogP contribution < -0.4 is 5.32 Å². The summed E-state index contributed by atoms with van der Waals surface area (Å²) in [6.07, 6.45) is 4.81. The van der Waals surface area contributed by atoms with Crippen LogP contribution in [0.15, 0.2) is 72.9 Å². The highest BCUT2D eigenvalue weighted by atomic mass is 35.5. The first-order chi connectivity index (χ1) is 11.7. The summed E-state index contributed by atoms with van der Waals surface area (Å²) in [6, 6.07) is 19.1. The first-order valence-electron chi connectivity index (χ1n) is 7.52. The van der Waals surface area contributed by atoms with Gasteiger partial charge >= 0.3 is 0 Å². The number of amides is 1. The van der Waals surface area contributed by atoms with Gasteiger partial charge in [0.15, 0.2) is 0 Å². The summed E-state index contributed by atoms with van der Waals surface area (Å²) in [5, 5.41) is 7.69. The average molecular weight is 338 g/mol. The van der Waals surface area contributed by atoms with Gasteiger partial charge in [-0.1, -0.05) is 60.1 Å². The predicted octanol–water partition coefficient (Wildman–Crippen LogP) is 4.24. The largest absolute Gasteiger partial charge is 0.307 e. The quantitative estimate of drug-likeness (QED) is 0.708. The summed E-state index contributed by atoms with van der Waals surface area (Å²) in [7, 11) is 0. The normalized spacial score (nSPS) is 10.9. The number of aromatic nitrogens is 2. The van der Waals surface area contributed by atoms with Crippen LogP contribution in [0.1, 0.15) is 11.1 Å². The van der Waals surface area contributed by atoms with E-state index in [-0.39, 0.29) is 5.91 Å². The molecule has 24 heavy (non-hydrogen) atoms. The van der Waals surface area contributed by atoms with Crippen LogP contribution >= 0.6 is 11.6 Å². The number of hydrogen-bond donors (Lipinski definition) is 1. The minimum absolute atomic E-state index is 0.232. The second-order valence-corrected chi connectivity index (χ2v) is 5.61. The lowest BCUT2D eigenvalue weighted by Gasteiger charge is -2.07. The lowest BCUT2D eigenvalue weighted by Crippen LogP contribution is -2.13. The van der Waals surface area contributed by atoms with Crippen LogP contribution in [0.2, 0.25) is 5.02 Å². The van der Waals surface area contributed by atoms with Gasteiger partial charge in [-0.05, 0) is 23.3 Å². The van der Waals surface area contributed by atoms with Crippen molar-refractivity contribution in [2.24, 2.45) is 0 Å². The summed E-state index contributed by atoms with van der Waals surface area (Å²) in [4.78, 5) is 12.1. The van der Waals surface area contributed by atoms with E-state index in [0.717, 1.165) is 11.1 Å². The van der Waals surface area contributed by atoms with Gasteiger partial charge < -0.3 is 5.32 Å². The Labute approximate surface area is 145 Å². The number of rotatable bonds is 5. The third-order valence-electron chi connectivity index (χ3n) is 3.46. The standard InChI is InChI=1S/C19H16ClN3O/c20-17-9-5-4-8-16(17)10-11-19(24)22-18-12-13-21-23(18)14-15-6-2-1-3-7-15/h1-13H,14H2,(H,22,24)/b11-10+. The van der Waals surface area contributed by atoms with Crippen LogP contribution in [0.25, 0.3) is 6.08 Å². The molecule has 1 amide bonds. The molecule has 1 aromatic heterocycles. The van der Waals surface area contributed by atoms with E-state index in [0.29, 0.717) is 17.4 Å². The molecular weight excluding hydrogens is 322 g/mol. The number of hydrogen-bond acceptors (Lipinski definition) is 2. The van der Waals surface area contributed by atoms with Crippen molar-refractivity contribution in [3.8, 4) is 0 Å². The van der Waals surface area contributed by atoms with Crippen LogP contribution in [0.3, 0.4) is 0 Å². The highest BCUT2D eigenvalue weighted by Gasteiger charge is 2.06. The monoisotopic (exact) mass is 337 g/mol. The molecule has 0 aliphatic heterocycles. The molecule has 0 unspecified atom stereocenters. The molecule has 1 N–H and O–H groups in total. The molecule has 0 spiro atoms. The van der Waals surface area contributed by atoms with Gasteiger partial charge in [-0.25, -0.2) is 4.68 Å². The highest BCUT2D eigenvalue weighted by molar-refractivity contribution is 6.32. The molecule has 3 rings (SSSR count). The van der Waals surface area contributed by atoms with Gasteiger partial charge in [0.2, 0.25) is 5.91 Å². The molecule has 0 fully saturated rings. The Hall–Kier alpha value is -2.85. The third kappa shape index (κ3) is 4.12. The second kappa shape index (κ2) is 7.62. The second-order valence-electron chi connectivity index (χ2n) is 5.20. The summed E-state index contributed by atoms with van der Waals surface area (Å²) in [6.45, 7) is 0.595. The first-order valence-corrected chi connectivity index (χ1v) is 7.89. The average Bonchev–Trinajstić information content (AvgIpc) is 3.02. The fraction of sp³-hybridized carbons (Fsp3) is 0.0526. The van der Waals surface area contributed by atoms with Crippen LogP contribution in [0.5, 0.6) is 0 Å². The van der Waals surface area contributed by atoms with Crippen molar-refractivity contribution in [2.45, 2.75) is 6.54 Å². The van der Waals surface area contributed by atoms with E-state index in [2.05, 4.69) is 10.4 Å². The van der Waals surface area contributed by atoms with Gasteiger partial charge in [-0.3, -0.25) is 4.79 Å². The van der Waals surface area contributed by atoms with Crippen molar-refractivity contribution in [3.05, 3.63) is 89.1 Å². The van der Waals surface area contributed by atoms with Crippen molar-refractivity contribution in [1.82, 2.24) is 9.78 Å². The number of carbonyl (C=O) groups is 1. The smallest absolute Gasteiger partial charge is 0.249 e. The van der Waals surface area contributed by atoms with E-state index in [9.17, 15) is 4.79 Å². The van der Waals surface area contributed by atoms with Gasteiger partial charge in [-0.15, -0.1) is 0 Å². The number of nitrogens with zero attached hydrogens (tertiary/aromatic N) is 2. The van der Waals surface area contributed by atoms with Crippen LogP contribution in [-0.4, -0.2) is 15.7 Å². The molecule has 0 saturated carbocycles. The maximum Gasteiger partial charge on any atom is 0.249 e. The SMILES string of the molecule is O=C(/C=C/c1ccccc1Cl)Nc1ccnn1Cc1ccccc1. The minimum Gasteiger partial charge on any atom is -0.307 e. The van der Waals surface area contributed by atoms with Crippen molar-refractivity contribution in [1.29, 1.82) is 0 Å². The van der Waals surface area contributed by atoms with Crippen molar-refractivity contribution < 1.29 is 4.79 Å². The Balaban J connectivity index is 1.67. The first kappa shape index (κ1) is 16.0. The Morgan fingerprint density at radius 1 is 1.08 bits per heavy atom. The Kier molecular flexibility index (Phi) is 5.08. The van der Waals surface area contributed by atoms with E-state index in [1.165, 1.54) is 6.08 Å². The van der Waals surface area contributed by atoms with E-state index in [1.54, 1.807) is 29.1 Å². The van der Waals surface area contributed by atoms with Crippen LogP contribution in [0, 0.1) is 0 Å². The number of anilines is 1. The summed E-state index contributed by atoms with van der Waals surface area (Å²) in [5.74, 6) is 0.414. The third-order valence-corrected chi connectivity index (χ3v) is 3.81. The molecule has 0 radical (unpaired) electrons. The molecule has 5 heteroatoms. The van der Waals surface area contributed by atoms with E-state index in [4.69, 9.17) is 11.6 Å². The lowest BCUT2D eigenvalue weighted by atomic mass is 10.2. The maximum atomic E-state index is 12.1. The molecular formula is C19H16ClN3O. The molecule has 0 saturated heterocycles. The summed E-state index contributed by atoms with van der Waals surface area (Å²) < 4.78 is 1.75. The van der Waals surface area contributed by atoms with Crippen LogP contribution in [-0.2, 0) is 11.3 Å². The van der Waals surface area contributed by atoms with Crippen LogP contribution in [0.4, 0.5) is 5.82 Å². The molecule has 120 valence electrons. The zero-order valence-electron chi connectivity index (χ0n) is 12.9. The van der Waals surface area contributed by atoms with Gasteiger partial charge in [-0.2, -0.15) is 5.10 Å². The van der Waals surface area contributed by atoms with Gasteiger partial charge in [0.05, 0.1) is 12.7 Å². The minimum atomic E-state index is -0.232. The molecule has 3 aromatic rings. The molecule has 1 heterocycles. The molecule has 0 atom stereocenters. The topological polar surface area (TPSA) is 46.9 Å². The zero-order chi connectivity index (χ0) is 16.8. The van der Waals surface area contributed by atoms with E-state index >= 15 is 0 Å². The highest BCUT2D eigenvalue weighted by Crippen LogP contribution is 2.16. The molecule has 2 aromatic carbocycles. The summed E-state index contributed by atoms with van der Waals surface area (Å²) >= 11 is 6.07. The summed E-state index contributed by atoms with van der Waals surface area (Å²) in [5.41, 5.74) is 1.91. The van der Waals surface area contributed by atoms with Gasteiger partial charge in [0.1, 0.15) is 5.82 Å². The number of nitrogens with one attached hydrogen (secondary N) is 1. The Morgan fingerprint density at radius 2 is 1.83 bits per heavy atom. The van der Waals surface area contributed by atoms with E-state index < -0.39 is 0 Å². The molecule has 0 aliphatic rings. The van der Waals surface area contributed by atoms with Crippen molar-refractivity contribution in [2.75, 3.05) is 5.32 Å². The van der Waals surface area contributed by atoms with Gasteiger partial charge in [0.25, 0.3) is 0 Å². The lowest BCUT2D eigenvalue weighted by molar-refractivity contribution is -0.111. The zero-order valence-corrected chi connectivity index (χ0v) is 13.6. The fourth-order valence-electron chi connectivity index (χ4n) is 2.26. The number of benzene rings is 2. The Morgan fingerprint density at radius 3 is 2.62 bits per heavy atom.